The highest BCUT2D eigenvalue weighted by Crippen LogP contribution is 2.41. The van der Waals surface area contributed by atoms with Gasteiger partial charge in [-0.1, -0.05) is 11.6 Å². The summed E-state index contributed by atoms with van der Waals surface area (Å²) < 4.78 is 16.2. The maximum absolute atomic E-state index is 12.9. The predicted octanol–water partition coefficient (Wildman–Crippen LogP) is 3.00. The zero-order chi connectivity index (χ0) is 16.4. The first kappa shape index (κ1) is 14.9. The molecule has 2 unspecified atom stereocenters. The summed E-state index contributed by atoms with van der Waals surface area (Å²) >= 11 is 7.63. The molecule has 0 amide bonds. The van der Waals surface area contributed by atoms with Crippen molar-refractivity contribution in [3.8, 4) is 0 Å². The Morgan fingerprint density at radius 2 is 2.25 bits per heavy atom. The Morgan fingerprint density at radius 1 is 1.42 bits per heavy atom. The van der Waals surface area contributed by atoms with Gasteiger partial charge in [-0.3, -0.25) is 9.20 Å². The van der Waals surface area contributed by atoms with Crippen LogP contribution < -0.4 is 5.56 Å². The van der Waals surface area contributed by atoms with Crippen molar-refractivity contribution in [3.63, 3.8) is 0 Å². The Labute approximate surface area is 146 Å². The lowest BCUT2D eigenvalue weighted by molar-refractivity contribution is 0.0593. The molecule has 6 nitrogen and oxygen atoms in total. The Morgan fingerprint density at radius 3 is 3.00 bits per heavy atom. The van der Waals surface area contributed by atoms with Crippen molar-refractivity contribution in [2.24, 2.45) is 0 Å². The quantitative estimate of drug-likeness (QED) is 0.652. The monoisotopic (exact) mass is 365 g/mol. The van der Waals surface area contributed by atoms with Crippen LogP contribution in [-0.4, -0.2) is 33.2 Å². The first-order valence-electron chi connectivity index (χ1n) is 8.14. The van der Waals surface area contributed by atoms with Gasteiger partial charge in [0, 0.05) is 12.5 Å². The molecule has 8 heteroatoms. The van der Waals surface area contributed by atoms with Gasteiger partial charge in [0.1, 0.15) is 17.4 Å². The molecular weight excluding hydrogens is 350 g/mol. The van der Waals surface area contributed by atoms with Crippen molar-refractivity contribution < 1.29 is 9.47 Å². The zero-order valence-corrected chi connectivity index (χ0v) is 14.6. The Hall–Kier alpha value is -1.41. The fraction of sp³-hybridized carbons (Fsp3) is 0.500. The minimum atomic E-state index is -0.210. The number of hydrogen-bond donors (Lipinski definition) is 0. The maximum Gasteiger partial charge on any atom is 0.291 e. The fourth-order valence-electron chi connectivity index (χ4n) is 3.18. The van der Waals surface area contributed by atoms with E-state index in [9.17, 15) is 4.79 Å². The van der Waals surface area contributed by atoms with Crippen LogP contribution in [-0.2, 0) is 16.0 Å². The normalized spacial score (nSPS) is 23.4. The number of rotatable bonds is 5. The van der Waals surface area contributed by atoms with Crippen LogP contribution in [0.15, 0.2) is 16.9 Å². The summed E-state index contributed by atoms with van der Waals surface area (Å²) in [5, 5.41) is 4.66. The summed E-state index contributed by atoms with van der Waals surface area (Å²) in [5.41, 5.74) is 1.55. The molecule has 1 aliphatic heterocycles. The lowest BCUT2D eigenvalue weighted by Gasteiger charge is -2.09. The number of nitrogens with zero attached hydrogens (tertiary/aromatic N) is 3. The topological polar surface area (TPSA) is 61.1 Å². The molecule has 3 aromatic heterocycles. The first-order valence-corrected chi connectivity index (χ1v) is 9.33. The summed E-state index contributed by atoms with van der Waals surface area (Å²) in [6, 6.07) is 3.84. The van der Waals surface area contributed by atoms with Crippen LogP contribution in [0.4, 0.5) is 0 Å². The lowest BCUT2D eigenvalue weighted by Crippen LogP contribution is -2.29. The van der Waals surface area contributed by atoms with Gasteiger partial charge in [-0.2, -0.15) is 5.10 Å². The number of fused-ring (bicyclic) bond motifs is 3. The van der Waals surface area contributed by atoms with Crippen molar-refractivity contribution >= 4 is 38.7 Å². The van der Waals surface area contributed by atoms with Crippen molar-refractivity contribution in [3.05, 3.63) is 32.6 Å². The number of halogens is 1. The van der Waals surface area contributed by atoms with Crippen molar-refractivity contribution in [2.75, 3.05) is 6.61 Å². The molecule has 126 valence electrons. The second-order valence-corrected chi connectivity index (χ2v) is 8.00. The molecule has 5 rings (SSSR count). The molecule has 24 heavy (non-hydrogen) atoms. The van der Waals surface area contributed by atoms with E-state index in [1.807, 2.05) is 23.5 Å². The number of thiophene rings is 1. The average molecular weight is 366 g/mol. The van der Waals surface area contributed by atoms with E-state index in [-0.39, 0.29) is 18.0 Å². The Balaban J connectivity index is 1.64. The van der Waals surface area contributed by atoms with Crippen LogP contribution in [0.25, 0.3) is 15.7 Å². The number of ether oxygens (including phenoxy) is 2. The van der Waals surface area contributed by atoms with Gasteiger partial charge in [0.25, 0.3) is 5.56 Å². The first-order chi connectivity index (χ1) is 11.7. The highest BCUT2D eigenvalue weighted by Gasteiger charge is 2.41. The highest BCUT2D eigenvalue weighted by atomic mass is 35.5. The van der Waals surface area contributed by atoms with E-state index in [1.165, 1.54) is 16.0 Å². The standard InChI is InChI=1S/C16H16ClN3O3S/c1-2-22-16-11(23-16)7-19-15(21)10-5-12-9(6-13(17)24-12)20(10)14(18-19)8-3-4-8/h5-6,8,11,16H,2-4,7H2,1H3. The third-order valence-electron chi connectivity index (χ3n) is 4.53. The Bertz CT molecular complexity index is 1000. The van der Waals surface area contributed by atoms with E-state index >= 15 is 0 Å². The maximum atomic E-state index is 12.9. The fourth-order valence-corrected chi connectivity index (χ4v) is 4.34. The molecule has 2 aliphatic rings. The summed E-state index contributed by atoms with van der Waals surface area (Å²) in [7, 11) is 0. The van der Waals surface area contributed by atoms with Gasteiger partial charge in [0.15, 0.2) is 6.29 Å². The van der Waals surface area contributed by atoms with Crippen molar-refractivity contribution in [2.45, 2.75) is 44.6 Å². The summed E-state index contributed by atoms with van der Waals surface area (Å²) in [6.07, 6.45) is 1.92. The average Bonchev–Trinajstić information content (AvgIpc) is 3.43. The molecule has 0 spiro atoms. The molecule has 0 N–H and O–H groups in total. The van der Waals surface area contributed by atoms with Crippen LogP contribution in [0.5, 0.6) is 0 Å². The van der Waals surface area contributed by atoms with E-state index in [0.29, 0.717) is 24.6 Å². The summed E-state index contributed by atoms with van der Waals surface area (Å²) in [5.74, 6) is 1.36. The molecule has 0 radical (unpaired) electrons. The SMILES string of the molecule is CCOC1OC1Cn1nc(C2CC2)n2c(cc3sc(Cl)cc32)c1=O. The van der Waals surface area contributed by atoms with Crippen LogP contribution in [0.1, 0.15) is 31.5 Å². The molecule has 1 aliphatic carbocycles. The molecule has 0 aromatic carbocycles. The van der Waals surface area contributed by atoms with E-state index < -0.39 is 0 Å². The Kier molecular flexibility index (Phi) is 3.28. The van der Waals surface area contributed by atoms with Gasteiger partial charge < -0.3 is 9.47 Å². The van der Waals surface area contributed by atoms with E-state index in [4.69, 9.17) is 21.1 Å². The molecule has 1 saturated carbocycles. The largest absolute Gasteiger partial charge is 0.350 e. The van der Waals surface area contributed by atoms with Gasteiger partial charge in [0.2, 0.25) is 0 Å². The molecule has 2 atom stereocenters. The highest BCUT2D eigenvalue weighted by molar-refractivity contribution is 7.22. The van der Waals surface area contributed by atoms with Gasteiger partial charge >= 0.3 is 0 Å². The van der Waals surface area contributed by atoms with E-state index in [0.717, 1.165) is 33.2 Å². The third kappa shape index (κ3) is 2.30. The van der Waals surface area contributed by atoms with Crippen LogP contribution in [0.3, 0.4) is 0 Å². The smallest absolute Gasteiger partial charge is 0.291 e. The molecule has 3 aromatic rings. The van der Waals surface area contributed by atoms with Gasteiger partial charge in [0.05, 0.1) is 21.1 Å². The van der Waals surface area contributed by atoms with E-state index in [2.05, 4.69) is 5.10 Å². The number of aromatic nitrogens is 3. The lowest BCUT2D eigenvalue weighted by atomic mass is 10.3. The molecule has 1 saturated heterocycles. The predicted molar refractivity (Wildman–Crippen MR) is 92.1 cm³/mol. The van der Waals surface area contributed by atoms with Gasteiger partial charge in [-0.15, -0.1) is 11.3 Å². The van der Waals surface area contributed by atoms with Crippen molar-refractivity contribution in [1.82, 2.24) is 14.2 Å². The van der Waals surface area contributed by atoms with Crippen LogP contribution in [0, 0.1) is 0 Å². The molecule has 0 bridgehead atoms. The summed E-state index contributed by atoms with van der Waals surface area (Å²) in [6.45, 7) is 2.96. The van der Waals surface area contributed by atoms with Crippen LogP contribution >= 0.6 is 22.9 Å². The zero-order valence-electron chi connectivity index (χ0n) is 13.1. The van der Waals surface area contributed by atoms with Crippen molar-refractivity contribution in [1.29, 1.82) is 0 Å². The number of epoxide rings is 1. The minimum absolute atomic E-state index is 0.0878. The second-order valence-electron chi connectivity index (χ2n) is 6.28. The van der Waals surface area contributed by atoms with E-state index in [1.54, 1.807) is 0 Å². The van der Waals surface area contributed by atoms with Crippen LogP contribution in [0.2, 0.25) is 4.34 Å². The second kappa shape index (κ2) is 5.29. The minimum Gasteiger partial charge on any atom is -0.350 e. The van der Waals surface area contributed by atoms with Gasteiger partial charge in [-0.25, -0.2) is 4.68 Å². The summed E-state index contributed by atoms with van der Waals surface area (Å²) in [4.78, 5) is 12.9. The van der Waals surface area contributed by atoms with Gasteiger partial charge in [-0.05, 0) is 31.9 Å². The molecule has 4 heterocycles. The molecule has 2 fully saturated rings. The third-order valence-corrected chi connectivity index (χ3v) is 5.73. The number of hydrogen-bond acceptors (Lipinski definition) is 5. The molecular formula is C16H16ClN3O3S.